The average Bonchev–Trinajstić information content (AvgIpc) is 2.59. The Kier molecular flexibility index (Phi) is 4.32. The quantitative estimate of drug-likeness (QED) is 0.948. The largest absolute Gasteiger partial charge is 0.481 e. The predicted molar refractivity (Wildman–Crippen MR) is 66.1 cm³/mol. The summed E-state index contributed by atoms with van der Waals surface area (Å²) in [7, 11) is 0. The molecule has 6 heteroatoms. The van der Waals surface area contributed by atoms with Crippen molar-refractivity contribution < 1.29 is 9.90 Å². The fourth-order valence-corrected chi connectivity index (χ4v) is 1.89. The smallest absolute Gasteiger partial charge is 0.303 e. The van der Waals surface area contributed by atoms with Gasteiger partial charge in [0.2, 0.25) is 0 Å². The number of rotatable bonds is 3. The van der Waals surface area contributed by atoms with Gasteiger partial charge in [0, 0.05) is 24.5 Å². The third kappa shape index (κ3) is 2.54. The Morgan fingerprint density at radius 3 is 3.00 bits per heavy atom. The molecule has 0 unspecified atom stereocenters. The van der Waals surface area contributed by atoms with Crippen LogP contribution in [0.4, 0.5) is 0 Å². The van der Waals surface area contributed by atoms with Gasteiger partial charge in [-0.25, -0.2) is 4.98 Å². The number of halogens is 2. The lowest BCUT2D eigenvalue weighted by Gasteiger charge is -2.00. The number of imidazole rings is 1. The highest BCUT2D eigenvalue weighted by atomic mass is 79.9. The van der Waals surface area contributed by atoms with Crippen molar-refractivity contribution in [2.45, 2.75) is 12.8 Å². The Bertz CT molecular complexity index is 512. The van der Waals surface area contributed by atoms with E-state index in [4.69, 9.17) is 5.11 Å². The van der Waals surface area contributed by atoms with Gasteiger partial charge in [-0.15, -0.1) is 12.4 Å². The van der Waals surface area contributed by atoms with Crippen LogP contribution in [0.2, 0.25) is 0 Å². The number of hydrogen-bond acceptors (Lipinski definition) is 2. The molecule has 4 nitrogen and oxygen atoms in total. The van der Waals surface area contributed by atoms with Gasteiger partial charge in [0.15, 0.2) is 5.65 Å². The highest BCUT2D eigenvalue weighted by molar-refractivity contribution is 9.10. The van der Waals surface area contributed by atoms with Crippen LogP contribution in [0.3, 0.4) is 0 Å². The molecule has 0 aromatic carbocycles. The molecule has 0 fully saturated rings. The van der Waals surface area contributed by atoms with E-state index in [9.17, 15) is 4.79 Å². The first-order chi connectivity index (χ1) is 7.18. The molecule has 0 amide bonds. The molecule has 86 valence electrons. The zero-order chi connectivity index (χ0) is 10.8. The fraction of sp³-hybridized carbons (Fsp3) is 0.200. The van der Waals surface area contributed by atoms with Gasteiger partial charge in [-0.3, -0.25) is 4.79 Å². The second-order valence-electron chi connectivity index (χ2n) is 3.19. The predicted octanol–water partition coefficient (Wildman–Crippen LogP) is 2.54. The number of carboxylic acid groups (broad SMARTS) is 1. The maximum absolute atomic E-state index is 10.5. The highest BCUT2D eigenvalue weighted by Crippen LogP contribution is 2.18. The van der Waals surface area contributed by atoms with E-state index in [1.165, 1.54) is 0 Å². The molecule has 0 aliphatic rings. The van der Waals surface area contributed by atoms with E-state index in [-0.39, 0.29) is 18.8 Å². The van der Waals surface area contributed by atoms with Crippen molar-refractivity contribution in [3.8, 4) is 0 Å². The summed E-state index contributed by atoms with van der Waals surface area (Å²) in [6.07, 6.45) is 4.21. The van der Waals surface area contributed by atoms with Crippen molar-refractivity contribution in [1.29, 1.82) is 0 Å². The summed E-state index contributed by atoms with van der Waals surface area (Å²) in [6, 6.07) is 3.80. The molecule has 2 heterocycles. The molecule has 0 radical (unpaired) electrons. The van der Waals surface area contributed by atoms with Crippen molar-refractivity contribution in [3.05, 3.63) is 34.7 Å². The lowest BCUT2D eigenvalue weighted by molar-refractivity contribution is -0.136. The number of hydrogen-bond donors (Lipinski definition) is 1. The minimum absolute atomic E-state index is 0. The molecule has 0 aliphatic heterocycles. The molecule has 0 aliphatic carbocycles. The molecule has 1 N–H and O–H groups in total. The Labute approximate surface area is 107 Å². The van der Waals surface area contributed by atoms with Crippen LogP contribution in [0.15, 0.2) is 29.0 Å². The fourth-order valence-electron chi connectivity index (χ4n) is 1.45. The minimum Gasteiger partial charge on any atom is -0.481 e. The van der Waals surface area contributed by atoms with Gasteiger partial charge < -0.3 is 9.51 Å². The van der Waals surface area contributed by atoms with E-state index in [1.807, 2.05) is 22.7 Å². The van der Waals surface area contributed by atoms with Gasteiger partial charge in [-0.05, 0) is 28.1 Å². The Morgan fingerprint density at radius 1 is 1.56 bits per heavy atom. The molecule has 2 rings (SSSR count). The number of carbonyl (C=O) groups is 1. The summed E-state index contributed by atoms with van der Waals surface area (Å²) in [6.45, 7) is 0. The molecule has 2 aromatic heterocycles. The van der Waals surface area contributed by atoms with Gasteiger partial charge in [0.1, 0.15) is 0 Å². The lowest BCUT2D eigenvalue weighted by Crippen LogP contribution is -2.00. The first-order valence-electron chi connectivity index (χ1n) is 4.51. The molecule has 16 heavy (non-hydrogen) atoms. The van der Waals surface area contributed by atoms with E-state index in [0.717, 1.165) is 15.8 Å². The van der Waals surface area contributed by atoms with Gasteiger partial charge in [-0.1, -0.05) is 0 Å². The Hall–Kier alpha value is -1.07. The number of aryl methyl sites for hydroxylation is 1. The second-order valence-corrected chi connectivity index (χ2v) is 4.05. The normalized spacial score (nSPS) is 10.1. The molecule has 0 saturated heterocycles. The number of nitrogens with zero attached hydrogens (tertiary/aromatic N) is 2. The van der Waals surface area contributed by atoms with Crippen LogP contribution in [0.25, 0.3) is 5.65 Å². The second kappa shape index (κ2) is 5.32. The topological polar surface area (TPSA) is 54.6 Å². The van der Waals surface area contributed by atoms with Crippen LogP contribution in [-0.2, 0) is 11.2 Å². The maximum atomic E-state index is 10.5. The van der Waals surface area contributed by atoms with Crippen LogP contribution in [0.1, 0.15) is 12.1 Å². The summed E-state index contributed by atoms with van der Waals surface area (Å²) in [5.41, 5.74) is 1.73. The summed E-state index contributed by atoms with van der Waals surface area (Å²) in [4.78, 5) is 14.7. The van der Waals surface area contributed by atoms with E-state index in [1.54, 1.807) is 6.20 Å². The SMILES string of the molecule is Cl.O=C(O)CCc1cnc2c(Br)cccn12. The average molecular weight is 306 g/mol. The molecule has 2 aromatic rings. The third-order valence-electron chi connectivity index (χ3n) is 2.16. The third-order valence-corrected chi connectivity index (χ3v) is 2.78. The number of aromatic nitrogens is 2. The summed E-state index contributed by atoms with van der Waals surface area (Å²) >= 11 is 3.39. The summed E-state index contributed by atoms with van der Waals surface area (Å²) < 4.78 is 2.80. The standard InChI is InChI=1S/C10H9BrN2O2.ClH/c11-8-2-1-5-13-7(3-4-9(14)15)6-12-10(8)13;/h1-2,5-6H,3-4H2,(H,14,15);1H. The van der Waals surface area contributed by atoms with Crippen LogP contribution in [0.5, 0.6) is 0 Å². The number of pyridine rings is 1. The number of carboxylic acids is 1. The van der Waals surface area contributed by atoms with Gasteiger partial charge >= 0.3 is 5.97 Å². The van der Waals surface area contributed by atoms with Gasteiger partial charge in [-0.2, -0.15) is 0 Å². The van der Waals surface area contributed by atoms with Crippen molar-refractivity contribution in [1.82, 2.24) is 9.38 Å². The Morgan fingerprint density at radius 2 is 2.31 bits per heavy atom. The molecular formula is C10H10BrClN2O2. The van der Waals surface area contributed by atoms with Crippen LogP contribution in [0, 0.1) is 0 Å². The first kappa shape index (κ1) is 13.0. The summed E-state index contributed by atoms with van der Waals surface area (Å²) in [5, 5.41) is 8.60. The monoisotopic (exact) mass is 304 g/mol. The van der Waals surface area contributed by atoms with Crippen molar-refractivity contribution in [2.24, 2.45) is 0 Å². The van der Waals surface area contributed by atoms with Gasteiger partial charge in [0.25, 0.3) is 0 Å². The lowest BCUT2D eigenvalue weighted by atomic mass is 10.2. The van der Waals surface area contributed by atoms with Crippen LogP contribution in [-0.4, -0.2) is 20.5 Å². The van der Waals surface area contributed by atoms with Crippen LogP contribution >= 0.6 is 28.3 Å². The van der Waals surface area contributed by atoms with Crippen LogP contribution < -0.4 is 0 Å². The number of fused-ring (bicyclic) bond motifs is 1. The highest BCUT2D eigenvalue weighted by Gasteiger charge is 2.06. The molecular weight excluding hydrogens is 295 g/mol. The van der Waals surface area contributed by atoms with Crippen molar-refractivity contribution in [2.75, 3.05) is 0 Å². The maximum Gasteiger partial charge on any atom is 0.303 e. The zero-order valence-corrected chi connectivity index (χ0v) is 10.7. The van der Waals surface area contributed by atoms with Crippen molar-refractivity contribution in [3.63, 3.8) is 0 Å². The van der Waals surface area contributed by atoms with E-state index < -0.39 is 5.97 Å². The molecule has 0 bridgehead atoms. The summed E-state index contributed by atoms with van der Waals surface area (Å²) in [5.74, 6) is -0.792. The minimum atomic E-state index is -0.792. The Balaban J connectivity index is 0.00000128. The molecule has 0 atom stereocenters. The first-order valence-corrected chi connectivity index (χ1v) is 5.30. The van der Waals surface area contributed by atoms with E-state index in [2.05, 4.69) is 20.9 Å². The van der Waals surface area contributed by atoms with Gasteiger partial charge in [0.05, 0.1) is 10.9 Å². The molecule has 0 spiro atoms. The zero-order valence-electron chi connectivity index (χ0n) is 8.26. The number of aliphatic carboxylic acids is 1. The molecule has 0 saturated carbocycles. The van der Waals surface area contributed by atoms with Crippen molar-refractivity contribution >= 4 is 40.0 Å². The van der Waals surface area contributed by atoms with E-state index in [0.29, 0.717) is 6.42 Å². The van der Waals surface area contributed by atoms with E-state index >= 15 is 0 Å².